The molecule has 2 N–H and O–H groups in total. The maximum Gasteiger partial charge on any atom is 0.289 e. The van der Waals surface area contributed by atoms with E-state index in [4.69, 9.17) is 4.42 Å². The molecule has 1 aromatic heterocycles. The van der Waals surface area contributed by atoms with E-state index < -0.39 is 5.54 Å². The van der Waals surface area contributed by atoms with Gasteiger partial charge in [0.05, 0.1) is 25.0 Å². The lowest BCUT2D eigenvalue weighted by Crippen LogP contribution is -2.51. The normalized spacial score (nSPS) is 13.7. The molecule has 0 bridgehead atoms. The Morgan fingerprint density at radius 3 is 2.68 bits per heavy atom. The summed E-state index contributed by atoms with van der Waals surface area (Å²) in [5, 5.41) is 11.9. The second-order valence-electron chi connectivity index (χ2n) is 4.76. The highest BCUT2D eigenvalue weighted by Crippen LogP contribution is 2.08. The van der Waals surface area contributed by atoms with Crippen molar-refractivity contribution < 1.29 is 19.1 Å². The lowest BCUT2D eigenvalue weighted by molar-refractivity contribution is -0.123. The van der Waals surface area contributed by atoms with Crippen molar-refractivity contribution in [3.05, 3.63) is 24.2 Å². The van der Waals surface area contributed by atoms with Crippen molar-refractivity contribution in [3.63, 3.8) is 0 Å². The minimum Gasteiger partial charge on any atom is -0.459 e. The van der Waals surface area contributed by atoms with Gasteiger partial charge in [-0.15, -0.1) is 0 Å². The molecule has 1 aromatic rings. The highest BCUT2D eigenvalue weighted by atomic mass is 16.3. The van der Waals surface area contributed by atoms with Crippen LogP contribution in [0.25, 0.3) is 0 Å². The smallest absolute Gasteiger partial charge is 0.289 e. The Morgan fingerprint density at radius 2 is 2.21 bits per heavy atom. The highest BCUT2D eigenvalue weighted by molar-refractivity contribution is 5.94. The van der Waals surface area contributed by atoms with Gasteiger partial charge in [-0.25, -0.2) is 0 Å². The van der Waals surface area contributed by atoms with E-state index in [-0.39, 0.29) is 30.7 Å². The lowest BCUT2D eigenvalue weighted by Gasteiger charge is -2.28. The number of hydrogen-bond donors (Lipinski definition) is 2. The Balaban J connectivity index is 2.55. The van der Waals surface area contributed by atoms with Gasteiger partial charge < -0.3 is 19.7 Å². The van der Waals surface area contributed by atoms with Crippen molar-refractivity contribution in [2.45, 2.75) is 25.8 Å². The molecule has 0 saturated heterocycles. The van der Waals surface area contributed by atoms with Crippen molar-refractivity contribution >= 4 is 11.8 Å². The maximum atomic E-state index is 11.8. The van der Waals surface area contributed by atoms with Gasteiger partial charge in [0, 0.05) is 7.05 Å². The maximum absolute atomic E-state index is 11.8. The summed E-state index contributed by atoms with van der Waals surface area (Å²) in [6, 6.07) is 3.15. The van der Waals surface area contributed by atoms with Crippen LogP contribution >= 0.6 is 0 Å². The fourth-order valence-electron chi connectivity index (χ4n) is 1.49. The van der Waals surface area contributed by atoms with Crippen LogP contribution in [0.5, 0.6) is 0 Å². The van der Waals surface area contributed by atoms with Gasteiger partial charge in [0.1, 0.15) is 0 Å². The topological polar surface area (TPSA) is 82.8 Å². The molecule has 1 unspecified atom stereocenters. The molecule has 0 spiro atoms. The minimum atomic E-state index is -0.661. The second kappa shape index (κ2) is 6.38. The molecule has 1 heterocycles. The van der Waals surface area contributed by atoms with E-state index in [2.05, 4.69) is 5.32 Å². The van der Waals surface area contributed by atoms with Crippen molar-refractivity contribution in [2.24, 2.45) is 0 Å². The number of aliphatic hydroxyl groups is 1. The molecular weight excluding hydrogens is 248 g/mol. The fraction of sp³-hybridized carbons (Fsp3) is 0.538. The summed E-state index contributed by atoms with van der Waals surface area (Å²) >= 11 is 0. The number of amides is 2. The summed E-state index contributed by atoms with van der Waals surface area (Å²) in [5.74, 6) is -0.487. The third-order valence-corrected chi connectivity index (χ3v) is 3.03. The second-order valence-corrected chi connectivity index (χ2v) is 4.76. The van der Waals surface area contributed by atoms with E-state index in [0.717, 1.165) is 0 Å². The predicted molar refractivity (Wildman–Crippen MR) is 69.6 cm³/mol. The van der Waals surface area contributed by atoms with Crippen LogP contribution in [-0.4, -0.2) is 47.6 Å². The van der Waals surface area contributed by atoms with Crippen LogP contribution in [0.2, 0.25) is 0 Å². The van der Waals surface area contributed by atoms with Crippen molar-refractivity contribution in [2.75, 3.05) is 20.2 Å². The van der Waals surface area contributed by atoms with E-state index in [1.807, 2.05) is 6.92 Å². The van der Waals surface area contributed by atoms with Crippen LogP contribution in [0.4, 0.5) is 0 Å². The Bertz CT molecular complexity index is 424. The number of hydrogen-bond acceptors (Lipinski definition) is 4. The Morgan fingerprint density at radius 1 is 1.53 bits per heavy atom. The number of carbonyl (C=O) groups excluding carboxylic acids is 2. The first-order valence-corrected chi connectivity index (χ1v) is 6.12. The largest absolute Gasteiger partial charge is 0.459 e. The molecule has 1 rings (SSSR count). The third-order valence-electron chi connectivity index (χ3n) is 3.03. The van der Waals surface area contributed by atoms with Gasteiger partial charge in [0.2, 0.25) is 5.91 Å². The first-order chi connectivity index (χ1) is 8.91. The number of furan rings is 1. The molecule has 0 aromatic carbocycles. The van der Waals surface area contributed by atoms with E-state index >= 15 is 0 Å². The van der Waals surface area contributed by atoms with Crippen LogP contribution < -0.4 is 5.32 Å². The summed E-state index contributed by atoms with van der Waals surface area (Å²) in [7, 11) is 1.52. The molecule has 1 atom stereocenters. The first-order valence-electron chi connectivity index (χ1n) is 6.12. The van der Waals surface area contributed by atoms with Crippen LogP contribution in [0.15, 0.2) is 22.8 Å². The molecule has 0 fully saturated rings. The first kappa shape index (κ1) is 15.2. The zero-order valence-electron chi connectivity index (χ0n) is 11.5. The summed E-state index contributed by atoms with van der Waals surface area (Å²) in [6.45, 7) is 3.38. The lowest BCUT2D eigenvalue weighted by atomic mass is 10.0. The van der Waals surface area contributed by atoms with Gasteiger partial charge in [-0.2, -0.15) is 0 Å². The molecular formula is C13H20N2O4. The minimum absolute atomic E-state index is 0.0882. The average molecular weight is 268 g/mol. The van der Waals surface area contributed by atoms with Gasteiger partial charge in [-0.1, -0.05) is 6.92 Å². The number of rotatable bonds is 6. The summed E-state index contributed by atoms with van der Waals surface area (Å²) in [5.41, 5.74) is -0.661. The molecule has 0 radical (unpaired) electrons. The van der Waals surface area contributed by atoms with Crippen molar-refractivity contribution in [3.8, 4) is 0 Å². The Hall–Kier alpha value is -1.82. The Labute approximate surface area is 112 Å². The monoisotopic (exact) mass is 268 g/mol. The molecule has 0 aliphatic heterocycles. The van der Waals surface area contributed by atoms with E-state index in [1.165, 1.54) is 18.2 Å². The number of carbonyl (C=O) groups is 2. The van der Waals surface area contributed by atoms with Gasteiger partial charge >= 0.3 is 0 Å². The number of nitrogens with one attached hydrogen (secondary N) is 1. The summed E-state index contributed by atoms with van der Waals surface area (Å²) in [6.07, 6.45) is 2.01. The number of likely N-dealkylation sites (N-methyl/N-ethyl adjacent to an activating group) is 1. The van der Waals surface area contributed by atoms with Crippen LogP contribution in [0.3, 0.4) is 0 Å². The Kier molecular flexibility index (Phi) is 5.11. The zero-order valence-corrected chi connectivity index (χ0v) is 11.5. The summed E-state index contributed by atoms with van der Waals surface area (Å²) < 4.78 is 4.98. The SMILES string of the molecule is CCC(C)(CO)NC(=O)CN(C)C(=O)c1ccco1. The fourth-order valence-corrected chi connectivity index (χ4v) is 1.49. The van der Waals surface area contributed by atoms with Gasteiger partial charge in [0.15, 0.2) is 5.76 Å². The van der Waals surface area contributed by atoms with E-state index in [0.29, 0.717) is 6.42 Å². The van der Waals surface area contributed by atoms with Gasteiger partial charge in [0.25, 0.3) is 5.91 Å². The number of aliphatic hydroxyl groups excluding tert-OH is 1. The molecule has 6 heteroatoms. The van der Waals surface area contributed by atoms with Gasteiger partial charge in [-0.3, -0.25) is 9.59 Å². The van der Waals surface area contributed by atoms with Crippen LogP contribution in [0.1, 0.15) is 30.8 Å². The zero-order chi connectivity index (χ0) is 14.5. The number of nitrogens with zero attached hydrogens (tertiary/aromatic N) is 1. The molecule has 106 valence electrons. The van der Waals surface area contributed by atoms with Crippen molar-refractivity contribution in [1.82, 2.24) is 10.2 Å². The summed E-state index contributed by atoms with van der Waals surface area (Å²) in [4.78, 5) is 24.9. The molecule has 2 amide bonds. The highest BCUT2D eigenvalue weighted by Gasteiger charge is 2.25. The van der Waals surface area contributed by atoms with Crippen LogP contribution in [0, 0.1) is 0 Å². The third kappa shape index (κ3) is 4.10. The van der Waals surface area contributed by atoms with Crippen molar-refractivity contribution in [1.29, 1.82) is 0 Å². The van der Waals surface area contributed by atoms with Gasteiger partial charge in [-0.05, 0) is 25.5 Å². The van der Waals surface area contributed by atoms with E-state index in [9.17, 15) is 14.7 Å². The molecule has 0 aliphatic rings. The molecule has 6 nitrogen and oxygen atoms in total. The molecule has 19 heavy (non-hydrogen) atoms. The van der Waals surface area contributed by atoms with E-state index in [1.54, 1.807) is 19.1 Å². The predicted octanol–water partition coefficient (Wildman–Crippen LogP) is 0.629. The molecule has 0 aliphatic carbocycles. The standard InChI is InChI=1S/C13H20N2O4/c1-4-13(2,9-16)14-11(17)8-15(3)12(18)10-6-5-7-19-10/h5-7,16H,4,8-9H2,1-3H3,(H,14,17). The molecule has 0 saturated carbocycles. The van der Waals surface area contributed by atoms with Crippen LogP contribution in [-0.2, 0) is 4.79 Å². The average Bonchev–Trinajstić information content (AvgIpc) is 2.91. The quantitative estimate of drug-likeness (QED) is 0.792.